The minimum atomic E-state index is 0.508. The van der Waals surface area contributed by atoms with E-state index < -0.39 is 0 Å². The summed E-state index contributed by atoms with van der Waals surface area (Å²) < 4.78 is 0. The number of nitrogens with one attached hydrogen (secondary N) is 1. The highest BCUT2D eigenvalue weighted by molar-refractivity contribution is 5.67. The summed E-state index contributed by atoms with van der Waals surface area (Å²) >= 11 is 0. The van der Waals surface area contributed by atoms with Crippen LogP contribution in [0, 0.1) is 18.3 Å². The molecule has 0 amide bonds. The van der Waals surface area contributed by atoms with Crippen LogP contribution in [0.2, 0.25) is 0 Å². The van der Waals surface area contributed by atoms with E-state index >= 15 is 0 Å². The minimum absolute atomic E-state index is 0.508. The normalized spacial score (nSPS) is 9.65. The lowest BCUT2D eigenvalue weighted by atomic mass is 10.1. The number of hydrogen-bond acceptors (Lipinski definition) is 4. The lowest BCUT2D eigenvalue weighted by molar-refractivity contribution is 1.20. The van der Waals surface area contributed by atoms with Gasteiger partial charge in [0, 0.05) is 11.4 Å². The maximum absolute atomic E-state index is 9.01. The predicted octanol–water partition coefficient (Wildman–Crippen LogP) is 2.59. The van der Waals surface area contributed by atoms with Gasteiger partial charge in [-0.05, 0) is 37.3 Å². The highest BCUT2D eigenvalue weighted by atomic mass is 15.0. The molecule has 0 spiro atoms. The lowest BCUT2D eigenvalue weighted by Crippen LogP contribution is -1.97. The molecule has 0 saturated carbocycles. The number of aryl methyl sites for hydroxylation is 1. The van der Waals surface area contributed by atoms with Crippen molar-refractivity contribution in [1.82, 2.24) is 4.98 Å². The van der Waals surface area contributed by atoms with E-state index in [1.165, 1.54) is 0 Å². The monoisotopic (exact) mass is 224 g/mol. The topological polar surface area (TPSA) is 74.7 Å². The van der Waals surface area contributed by atoms with Crippen molar-refractivity contribution < 1.29 is 0 Å². The van der Waals surface area contributed by atoms with Crippen LogP contribution in [0.3, 0.4) is 0 Å². The van der Waals surface area contributed by atoms with Gasteiger partial charge in [-0.25, -0.2) is 4.98 Å². The predicted molar refractivity (Wildman–Crippen MR) is 67.8 cm³/mol. The number of hydrogen-bond donors (Lipinski definition) is 2. The Hall–Kier alpha value is -2.54. The van der Waals surface area contributed by atoms with E-state index in [1.54, 1.807) is 18.2 Å². The van der Waals surface area contributed by atoms with Crippen molar-refractivity contribution in [3.05, 3.63) is 47.7 Å². The summed E-state index contributed by atoms with van der Waals surface area (Å²) in [6, 6.07) is 12.9. The van der Waals surface area contributed by atoms with Gasteiger partial charge in [-0.2, -0.15) is 5.26 Å². The van der Waals surface area contributed by atoms with Gasteiger partial charge in [-0.3, -0.25) is 0 Å². The molecule has 1 aromatic carbocycles. The van der Waals surface area contributed by atoms with Gasteiger partial charge in [-0.15, -0.1) is 0 Å². The Labute approximate surface area is 99.7 Å². The fraction of sp³-hybridized carbons (Fsp3) is 0.0769. The lowest BCUT2D eigenvalue weighted by Gasteiger charge is -2.08. The van der Waals surface area contributed by atoms with Crippen LogP contribution in [0.25, 0.3) is 0 Å². The second-order valence-corrected chi connectivity index (χ2v) is 3.71. The number of pyridine rings is 1. The number of rotatable bonds is 2. The average Bonchev–Trinajstić information content (AvgIpc) is 2.31. The Bertz CT molecular complexity index is 584. The van der Waals surface area contributed by atoms with Crippen molar-refractivity contribution in [3.8, 4) is 6.07 Å². The van der Waals surface area contributed by atoms with Crippen LogP contribution in [0.5, 0.6) is 0 Å². The molecule has 2 aromatic rings. The van der Waals surface area contributed by atoms with E-state index in [0.29, 0.717) is 22.8 Å². The standard InChI is InChI=1S/C13H12N4/c1-9-3-2-4-13(16-9)17-12-6-5-11(15)7-10(12)8-14/h2-7H,15H2,1H3,(H,16,17). The molecule has 0 saturated heterocycles. The summed E-state index contributed by atoms with van der Waals surface area (Å²) in [7, 11) is 0. The summed E-state index contributed by atoms with van der Waals surface area (Å²) in [6.07, 6.45) is 0. The van der Waals surface area contributed by atoms with E-state index in [0.717, 1.165) is 5.69 Å². The molecule has 3 N–H and O–H groups in total. The third-order valence-corrected chi connectivity index (χ3v) is 2.32. The molecule has 0 aliphatic heterocycles. The molecule has 4 heteroatoms. The molecule has 2 rings (SSSR count). The number of aromatic nitrogens is 1. The summed E-state index contributed by atoms with van der Waals surface area (Å²) in [5, 5.41) is 12.1. The van der Waals surface area contributed by atoms with E-state index in [2.05, 4.69) is 16.4 Å². The molecule has 0 fully saturated rings. The van der Waals surface area contributed by atoms with Crippen molar-refractivity contribution in [1.29, 1.82) is 5.26 Å². The first kappa shape index (κ1) is 11.0. The Balaban J connectivity index is 2.34. The van der Waals surface area contributed by atoms with E-state index in [-0.39, 0.29) is 0 Å². The third-order valence-electron chi connectivity index (χ3n) is 2.32. The number of nitrogens with two attached hydrogens (primary N) is 1. The molecule has 0 aliphatic rings. The molecule has 0 radical (unpaired) electrons. The van der Waals surface area contributed by atoms with Crippen LogP contribution < -0.4 is 11.1 Å². The van der Waals surface area contributed by atoms with Crippen LogP contribution in [0.4, 0.5) is 17.2 Å². The van der Waals surface area contributed by atoms with Crippen molar-refractivity contribution in [2.24, 2.45) is 0 Å². The number of anilines is 3. The zero-order valence-electron chi connectivity index (χ0n) is 9.44. The van der Waals surface area contributed by atoms with Crippen LogP contribution in [-0.4, -0.2) is 4.98 Å². The zero-order chi connectivity index (χ0) is 12.3. The first-order valence-corrected chi connectivity index (χ1v) is 5.19. The Morgan fingerprint density at radius 2 is 2.12 bits per heavy atom. The molecular formula is C13H12N4. The Kier molecular flexibility index (Phi) is 2.93. The summed E-state index contributed by atoms with van der Waals surface area (Å²) in [4.78, 5) is 4.31. The fourth-order valence-corrected chi connectivity index (χ4v) is 1.51. The van der Waals surface area contributed by atoms with Crippen LogP contribution in [0.15, 0.2) is 36.4 Å². The molecule has 84 valence electrons. The second kappa shape index (κ2) is 4.54. The minimum Gasteiger partial charge on any atom is -0.399 e. The molecule has 0 aliphatic carbocycles. The van der Waals surface area contributed by atoms with Gasteiger partial charge in [0.1, 0.15) is 11.9 Å². The third kappa shape index (κ3) is 2.52. The van der Waals surface area contributed by atoms with Gasteiger partial charge >= 0.3 is 0 Å². The summed E-state index contributed by atoms with van der Waals surface area (Å²) in [5.41, 5.74) is 8.34. The molecule has 0 unspecified atom stereocenters. The molecule has 17 heavy (non-hydrogen) atoms. The molecule has 0 bridgehead atoms. The number of nitrogen functional groups attached to an aromatic ring is 1. The van der Waals surface area contributed by atoms with Gasteiger partial charge in [0.25, 0.3) is 0 Å². The first-order valence-electron chi connectivity index (χ1n) is 5.19. The Morgan fingerprint density at radius 1 is 1.29 bits per heavy atom. The van der Waals surface area contributed by atoms with Crippen molar-refractivity contribution >= 4 is 17.2 Å². The average molecular weight is 224 g/mol. The quantitative estimate of drug-likeness (QED) is 0.769. The summed E-state index contributed by atoms with van der Waals surface area (Å²) in [6.45, 7) is 1.92. The van der Waals surface area contributed by atoms with Crippen LogP contribution >= 0.6 is 0 Å². The van der Waals surface area contributed by atoms with Crippen LogP contribution in [0.1, 0.15) is 11.3 Å². The highest BCUT2D eigenvalue weighted by Gasteiger charge is 2.03. The fourth-order valence-electron chi connectivity index (χ4n) is 1.51. The molecule has 1 heterocycles. The number of benzene rings is 1. The van der Waals surface area contributed by atoms with Gasteiger partial charge < -0.3 is 11.1 Å². The largest absolute Gasteiger partial charge is 0.399 e. The smallest absolute Gasteiger partial charge is 0.130 e. The van der Waals surface area contributed by atoms with Crippen LogP contribution in [-0.2, 0) is 0 Å². The zero-order valence-corrected chi connectivity index (χ0v) is 9.44. The maximum atomic E-state index is 9.01. The molecule has 0 atom stereocenters. The molecular weight excluding hydrogens is 212 g/mol. The summed E-state index contributed by atoms with van der Waals surface area (Å²) in [5.74, 6) is 0.714. The highest BCUT2D eigenvalue weighted by Crippen LogP contribution is 2.21. The van der Waals surface area contributed by atoms with E-state index in [4.69, 9.17) is 11.0 Å². The SMILES string of the molecule is Cc1cccc(Nc2ccc(N)cc2C#N)n1. The molecule has 1 aromatic heterocycles. The maximum Gasteiger partial charge on any atom is 0.130 e. The van der Waals surface area contributed by atoms with Gasteiger partial charge in [0.05, 0.1) is 11.3 Å². The first-order chi connectivity index (χ1) is 8.19. The van der Waals surface area contributed by atoms with E-state index in [9.17, 15) is 0 Å². The second-order valence-electron chi connectivity index (χ2n) is 3.71. The van der Waals surface area contributed by atoms with Gasteiger partial charge in [0.2, 0.25) is 0 Å². The van der Waals surface area contributed by atoms with Crippen molar-refractivity contribution in [3.63, 3.8) is 0 Å². The Morgan fingerprint density at radius 3 is 2.82 bits per heavy atom. The van der Waals surface area contributed by atoms with E-state index in [1.807, 2.05) is 25.1 Å². The molecule has 4 nitrogen and oxygen atoms in total. The number of nitrogens with zero attached hydrogens (tertiary/aromatic N) is 2. The van der Waals surface area contributed by atoms with Gasteiger partial charge in [0.15, 0.2) is 0 Å². The van der Waals surface area contributed by atoms with Gasteiger partial charge in [-0.1, -0.05) is 6.07 Å². The van der Waals surface area contributed by atoms with Crippen molar-refractivity contribution in [2.75, 3.05) is 11.1 Å². The number of nitriles is 1. The van der Waals surface area contributed by atoms with Crippen molar-refractivity contribution in [2.45, 2.75) is 6.92 Å².